The van der Waals surface area contributed by atoms with Crippen molar-refractivity contribution in [3.63, 3.8) is 0 Å². The van der Waals surface area contributed by atoms with Gasteiger partial charge < -0.3 is 19.4 Å². The number of piperidine rings is 1. The van der Waals surface area contributed by atoms with Crippen molar-refractivity contribution in [2.24, 2.45) is 11.3 Å². The SMILES string of the molecule is CC1C/C=C/C(N2CCN(CCC(C)(C)C)CC2)=C(/OCC2CCCN(C)C2)C(=O)N1c1ccccc1. The zero-order valence-electron chi connectivity index (χ0n) is 23.8. The lowest BCUT2D eigenvalue weighted by molar-refractivity contribution is -0.119. The number of amides is 1. The zero-order valence-corrected chi connectivity index (χ0v) is 23.8. The van der Waals surface area contributed by atoms with Crippen LogP contribution >= 0.6 is 0 Å². The minimum absolute atomic E-state index is 0.0163. The van der Waals surface area contributed by atoms with Gasteiger partial charge in [-0.05, 0) is 76.4 Å². The molecular formula is C31H48N4O2. The molecule has 0 aromatic heterocycles. The molecular weight excluding hydrogens is 460 g/mol. The standard InChI is InChI=1S/C31H48N4O2/c1-25-11-9-15-28(34-21-19-33(20-22-34)18-16-31(2,3)4)29(37-24-26-12-10-17-32(5)23-26)30(36)35(25)27-13-7-6-8-14-27/h6-9,13-15,25-26H,10-12,16-24H2,1-5H3/b15-9+,29-28-. The maximum absolute atomic E-state index is 14.2. The quantitative estimate of drug-likeness (QED) is 0.519. The Balaban J connectivity index is 1.58. The lowest BCUT2D eigenvalue weighted by atomic mass is 9.92. The lowest BCUT2D eigenvalue weighted by Crippen LogP contribution is -2.48. The van der Waals surface area contributed by atoms with Crippen LogP contribution in [0.4, 0.5) is 5.69 Å². The number of nitrogens with zero attached hydrogens (tertiary/aromatic N) is 4. The summed E-state index contributed by atoms with van der Waals surface area (Å²) in [5, 5.41) is 0. The van der Waals surface area contributed by atoms with Crippen molar-refractivity contribution in [2.45, 2.75) is 59.4 Å². The highest BCUT2D eigenvalue weighted by Gasteiger charge is 2.33. The molecule has 37 heavy (non-hydrogen) atoms. The van der Waals surface area contributed by atoms with Crippen molar-refractivity contribution in [3.05, 3.63) is 53.9 Å². The number of ether oxygens (including phenoxy) is 1. The van der Waals surface area contributed by atoms with Gasteiger partial charge in [-0.1, -0.05) is 45.0 Å². The summed E-state index contributed by atoms with van der Waals surface area (Å²) in [5.41, 5.74) is 2.23. The van der Waals surface area contributed by atoms with Crippen LogP contribution in [0.1, 0.15) is 53.4 Å². The Morgan fingerprint density at radius 2 is 1.76 bits per heavy atom. The highest BCUT2D eigenvalue weighted by atomic mass is 16.5. The number of hydrogen-bond donors (Lipinski definition) is 0. The number of hydrogen-bond acceptors (Lipinski definition) is 5. The minimum Gasteiger partial charge on any atom is -0.486 e. The van der Waals surface area contributed by atoms with E-state index in [4.69, 9.17) is 4.74 Å². The summed E-state index contributed by atoms with van der Waals surface area (Å²) in [7, 11) is 2.18. The summed E-state index contributed by atoms with van der Waals surface area (Å²) in [6, 6.07) is 10.1. The van der Waals surface area contributed by atoms with Gasteiger partial charge in [-0.3, -0.25) is 9.69 Å². The molecule has 6 nitrogen and oxygen atoms in total. The molecule has 1 aromatic carbocycles. The van der Waals surface area contributed by atoms with Gasteiger partial charge >= 0.3 is 0 Å². The number of rotatable bonds is 7. The van der Waals surface area contributed by atoms with E-state index in [1.807, 2.05) is 35.2 Å². The first-order chi connectivity index (χ1) is 17.7. The topological polar surface area (TPSA) is 39.3 Å². The average molecular weight is 509 g/mol. The molecule has 1 aromatic rings. The van der Waals surface area contributed by atoms with E-state index in [0.717, 1.165) is 70.0 Å². The van der Waals surface area contributed by atoms with E-state index < -0.39 is 0 Å². The van der Waals surface area contributed by atoms with E-state index in [1.54, 1.807) is 0 Å². The molecule has 0 spiro atoms. The Morgan fingerprint density at radius 3 is 2.43 bits per heavy atom. The first kappa shape index (κ1) is 27.7. The normalized spacial score (nSPS) is 27.6. The summed E-state index contributed by atoms with van der Waals surface area (Å²) in [6.07, 6.45) is 8.74. The number of carbonyl (C=O) groups excluding carboxylic acids is 1. The average Bonchev–Trinajstić information content (AvgIpc) is 2.86. The smallest absolute Gasteiger partial charge is 0.295 e. The maximum atomic E-state index is 14.2. The minimum atomic E-state index is -0.0163. The second kappa shape index (κ2) is 12.5. The summed E-state index contributed by atoms with van der Waals surface area (Å²) in [5.74, 6) is 0.951. The van der Waals surface area contributed by atoms with Gasteiger partial charge in [0.1, 0.15) is 0 Å². The van der Waals surface area contributed by atoms with E-state index >= 15 is 0 Å². The van der Waals surface area contributed by atoms with Gasteiger partial charge in [0.25, 0.3) is 5.91 Å². The third kappa shape index (κ3) is 7.61. The second-order valence-electron chi connectivity index (χ2n) is 12.4. The fourth-order valence-corrected chi connectivity index (χ4v) is 5.64. The van der Waals surface area contributed by atoms with E-state index in [1.165, 1.54) is 12.8 Å². The van der Waals surface area contributed by atoms with Crippen LogP contribution in [-0.4, -0.2) is 86.1 Å². The molecule has 0 radical (unpaired) electrons. The Bertz CT molecular complexity index is 944. The molecule has 2 saturated heterocycles. The number of allylic oxidation sites excluding steroid dienone is 1. The van der Waals surface area contributed by atoms with Gasteiger partial charge in [-0.25, -0.2) is 0 Å². The van der Waals surface area contributed by atoms with Crippen molar-refractivity contribution < 1.29 is 9.53 Å². The van der Waals surface area contributed by atoms with Gasteiger partial charge in [-0.15, -0.1) is 0 Å². The molecule has 6 heteroatoms. The summed E-state index contributed by atoms with van der Waals surface area (Å²) >= 11 is 0. The number of carbonyl (C=O) groups is 1. The van der Waals surface area contributed by atoms with Crippen molar-refractivity contribution >= 4 is 11.6 Å². The predicted octanol–water partition coefficient (Wildman–Crippen LogP) is 4.99. The molecule has 0 aliphatic carbocycles. The van der Waals surface area contributed by atoms with Gasteiger partial charge in [0.05, 0.1) is 12.3 Å². The van der Waals surface area contributed by atoms with Crippen LogP contribution in [0.5, 0.6) is 0 Å². The number of para-hydroxylation sites is 1. The molecule has 2 unspecified atom stereocenters. The molecule has 2 atom stereocenters. The van der Waals surface area contributed by atoms with Crippen LogP contribution in [0.3, 0.4) is 0 Å². The third-order valence-electron chi connectivity index (χ3n) is 7.95. The fraction of sp³-hybridized carbons (Fsp3) is 0.645. The van der Waals surface area contributed by atoms with Gasteiger partial charge in [0.15, 0.2) is 0 Å². The lowest BCUT2D eigenvalue weighted by Gasteiger charge is -2.39. The Morgan fingerprint density at radius 1 is 1.03 bits per heavy atom. The Kier molecular flexibility index (Phi) is 9.36. The van der Waals surface area contributed by atoms with Crippen LogP contribution in [0.25, 0.3) is 0 Å². The first-order valence-electron chi connectivity index (χ1n) is 14.3. The molecule has 3 aliphatic heterocycles. The van der Waals surface area contributed by atoms with E-state index in [-0.39, 0.29) is 11.9 Å². The molecule has 3 aliphatic rings. The first-order valence-corrected chi connectivity index (χ1v) is 14.3. The molecule has 1 amide bonds. The van der Waals surface area contributed by atoms with Gasteiger partial charge in [-0.2, -0.15) is 0 Å². The monoisotopic (exact) mass is 508 g/mol. The molecule has 2 fully saturated rings. The van der Waals surface area contributed by atoms with Crippen molar-refractivity contribution in [1.29, 1.82) is 0 Å². The van der Waals surface area contributed by atoms with Crippen LogP contribution in [-0.2, 0) is 9.53 Å². The number of piperazine rings is 1. The number of benzene rings is 1. The highest BCUT2D eigenvalue weighted by molar-refractivity contribution is 6.05. The van der Waals surface area contributed by atoms with E-state index in [2.05, 4.69) is 61.6 Å². The van der Waals surface area contributed by atoms with Crippen LogP contribution in [0, 0.1) is 11.3 Å². The fourth-order valence-electron chi connectivity index (χ4n) is 5.64. The summed E-state index contributed by atoms with van der Waals surface area (Å²) in [4.78, 5) is 23.5. The van der Waals surface area contributed by atoms with Gasteiger partial charge in [0, 0.05) is 50.4 Å². The number of anilines is 1. The van der Waals surface area contributed by atoms with Crippen LogP contribution < -0.4 is 4.90 Å². The van der Waals surface area contributed by atoms with Gasteiger partial charge in [0.2, 0.25) is 5.76 Å². The largest absolute Gasteiger partial charge is 0.486 e. The van der Waals surface area contributed by atoms with E-state index in [0.29, 0.717) is 23.7 Å². The predicted molar refractivity (Wildman–Crippen MR) is 152 cm³/mol. The van der Waals surface area contributed by atoms with Crippen LogP contribution in [0.2, 0.25) is 0 Å². The third-order valence-corrected chi connectivity index (χ3v) is 7.95. The van der Waals surface area contributed by atoms with Crippen molar-refractivity contribution in [2.75, 3.05) is 64.4 Å². The molecule has 0 N–H and O–H groups in total. The molecule has 0 saturated carbocycles. The van der Waals surface area contributed by atoms with E-state index in [9.17, 15) is 4.79 Å². The molecule has 0 bridgehead atoms. The van der Waals surface area contributed by atoms with Crippen molar-refractivity contribution in [1.82, 2.24) is 14.7 Å². The Labute approximate surface area is 224 Å². The second-order valence-corrected chi connectivity index (χ2v) is 12.4. The maximum Gasteiger partial charge on any atom is 0.295 e. The zero-order chi connectivity index (χ0) is 26.4. The molecule has 3 heterocycles. The highest BCUT2D eigenvalue weighted by Crippen LogP contribution is 2.29. The van der Waals surface area contributed by atoms with Crippen LogP contribution in [0.15, 0.2) is 53.9 Å². The summed E-state index contributed by atoms with van der Waals surface area (Å²) in [6.45, 7) is 16.8. The molecule has 4 rings (SSSR count). The number of likely N-dealkylation sites (tertiary alicyclic amines) is 1. The Hall–Kier alpha value is -2.31. The van der Waals surface area contributed by atoms with Crippen molar-refractivity contribution in [3.8, 4) is 0 Å². The summed E-state index contributed by atoms with van der Waals surface area (Å²) < 4.78 is 6.56. The molecule has 204 valence electrons.